The van der Waals surface area contributed by atoms with Crippen molar-refractivity contribution >= 4 is 5.69 Å². The summed E-state index contributed by atoms with van der Waals surface area (Å²) in [4.78, 5) is 4.95. The maximum absolute atomic E-state index is 3.81. The lowest BCUT2D eigenvalue weighted by Crippen LogP contribution is -2.39. The summed E-state index contributed by atoms with van der Waals surface area (Å²) in [6.45, 7) is 6.10. The lowest BCUT2D eigenvalue weighted by Gasteiger charge is -2.30. The molecule has 2 aliphatic heterocycles. The summed E-state index contributed by atoms with van der Waals surface area (Å²) < 4.78 is 0. The number of nitrogens with one attached hydrogen (secondary N) is 1. The molecule has 0 amide bonds. The first-order chi connectivity index (χ1) is 9.81. The van der Waals surface area contributed by atoms with Gasteiger partial charge < -0.3 is 15.1 Å². The zero-order chi connectivity index (χ0) is 13.8. The minimum absolute atomic E-state index is 0.676. The number of nitrogens with zero attached hydrogens (tertiary/aromatic N) is 2. The highest BCUT2D eigenvalue weighted by atomic mass is 15.2. The summed E-state index contributed by atoms with van der Waals surface area (Å²) in [5, 5.41) is 3.81. The van der Waals surface area contributed by atoms with Crippen LogP contribution in [0.4, 0.5) is 5.69 Å². The van der Waals surface area contributed by atoms with Crippen LogP contribution in [0.15, 0.2) is 30.3 Å². The predicted octanol–water partition coefficient (Wildman–Crippen LogP) is 2.20. The molecule has 20 heavy (non-hydrogen) atoms. The van der Waals surface area contributed by atoms with Crippen molar-refractivity contribution in [1.82, 2.24) is 10.2 Å². The second-order valence-corrected chi connectivity index (χ2v) is 6.42. The molecule has 2 fully saturated rings. The smallest absolute Gasteiger partial charge is 0.0366 e. The van der Waals surface area contributed by atoms with Crippen LogP contribution in [0.25, 0.3) is 0 Å². The zero-order valence-electron chi connectivity index (χ0n) is 12.6. The normalized spacial score (nSPS) is 25.2. The summed E-state index contributed by atoms with van der Waals surface area (Å²) >= 11 is 0. The van der Waals surface area contributed by atoms with Gasteiger partial charge >= 0.3 is 0 Å². The average molecular weight is 273 g/mol. The number of rotatable bonds is 4. The molecule has 2 aliphatic rings. The van der Waals surface area contributed by atoms with Crippen molar-refractivity contribution in [3.63, 3.8) is 0 Å². The van der Waals surface area contributed by atoms with Crippen LogP contribution in [0.5, 0.6) is 0 Å². The van der Waals surface area contributed by atoms with Gasteiger partial charge in [0.05, 0.1) is 0 Å². The van der Waals surface area contributed by atoms with Crippen LogP contribution < -0.4 is 10.2 Å². The van der Waals surface area contributed by atoms with E-state index in [1.54, 1.807) is 0 Å². The van der Waals surface area contributed by atoms with E-state index >= 15 is 0 Å². The maximum atomic E-state index is 3.81. The van der Waals surface area contributed by atoms with E-state index in [0.717, 1.165) is 12.5 Å². The van der Waals surface area contributed by atoms with Crippen molar-refractivity contribution in [3.8, 4) is 0 Å². The monoisotopic (exact) mass is 273 g/mol. The Hall–Kier alpha value is -1.06. The lowest BCUT2D eigenvalue weighted by atomic mass is 9.97. The van der Waals surface area contributed by atoms with E-state index in [-0.39, 0.29) is 0 Å². The number of likely N-dealkylation sites (tertiary alicyclic amines) is 1. The van der Waals surface area contributed by atoms with Crippen molar-refractivity contribution in [1.29, 1.82) is 0 Å². The van der Waals surface area contributed by atoms with Gasteiger partial charge in [0, 0.05) is 24.8 Å². The fourth-order valence-corrected chi connectivity index (χ4v) is 3.40. The Labute approximate surface area is 123 Å². The third-order valence-electron chi connectivity index (χ3n) is 4.84. The van der Waals surface area contributed by atoms with E-state index in [2.05, 4.69) is 52.5 Å². The predicted molar refractivity (Wildman–Crippen MR) is 85.3 cm³/mol. The molecule has 0 saturated carbocycles. The van der Waals surface area contributed by atoms with Crippen LogP contribution in [-0.4, -0.2) is 50.7 Å². The quantitative estimate of drug-likeness (QED) is 0.907. The molecule has 0 aromatic heterocycles. The van der Waals surface area contributed by atoms with E-state index in [4.69, 9.17) is 0 Å². The third kappa shape index (κ3) is 3.53. The molecular weight excluding hydrogens is 246 g/mol. The second kappa shape index (κ2) is 6.59. The minimum Gasteiger partial charge on any atom is -0.370 e. The molecule has 0 radical (unpaired) electrons. The van der Waals surface area contributed by atoms with Crippen LogP contribution >= 0.6 is 0 Å². The van der Waals surface area contributed by atoms with E-state index in [1.807, 2.05) is 0 Å². The number of hydrogen-bond acceptors (Lipinski definition) is 3. The van der Waals surface area contributed by atoms with Crippen molar-refractivity contribution in [3.05, 3.63) is 30.3 Å². The molecule has 1 unspecified atom stereocenters. The maximum Gasteiger partial charge on any atom is 0.0366 e. The van der Waals surface area contributed by atoms with Gasteiger partial charge in [-0.25, -0.2) is 0 Å². The average Bonchev–Trinajstić information content (AvgIpc) is 2.97. The standard InChI is InChI=1S/C17H27N3/c1-19-10-7-15(8-11-19)13-18-16-9-12-20(14-16)17-5-3-2-4-6-17/h2-6,15-16,18H,7-14H2,1H3. The Kier molecular flexibility index (Phi) is 4.58. The first kappa shape index (κ1) is 13.9. The van der Waals surface area contributed by atoms with Gasteiger partial charge in [0.2, 0.25) is 0 Å². The topological polar surface area (TPSA) is 18.5 Å². The van der Waals surface area contributed by atoms with Crippen LogP contribution in [-0.2, 0) is 0 Å². The molecule has 3 nitrogen and oxygen atoms in total. The summed E-state index contributed by atoms with van der Waals surface area (Å²) in [5.41, 5.74) is 1.37. The number of piperidine rings is 1. The highest BCUT2D eigenvalue weighted by Gasteiger charge is 2.24. The van der Waals surface area contributed by atoms with Gasteiger partial charge in [-0.05, 0) is 64.0 Å². The van der Waals surface area contributed by atoms with E-state index in [1.165, 1.54) is 51.1 Å². The molecule has 2 saturated heterocycles. The highest BCUT2D eigenvalue weighted by Crippen LogP contribution is 2.20. The fraction of sp³-hybridized carbons (Fsp3) is 0.647. The van der Waals surface area contributed by atoms with Crippen molar-refractivity contribution in [2.24, 2.45) is 5.92 Å². The Balaban J connectivity index is 1.42. The van der Waals surface area contributed by atoms with Crippen LogP contribution in [0.3, 0.4) is 0 Å². The van der Waals surface area contributed by atoms with E-state index in [9.17, 15) is 0 Å². The Bertz CT molecular complexity index is 398. The number of benzene rings is 1. The molecule has 0 bridgehead atoms. The summed E-state index contributed by atoms with van der Waals surface area (Å²) in [5.74, 6) is 0.886. The largest absolute Gasteiger partial charge is 0.370 e. The first-order valence-electron chi connectivity index (χ1n) is 8.03. The van der Waals surface area contributed by atoms with Crippen molar-refractivity contribution in [2.75, 3.05) is 44.7 Å². The van der Waals surface area contributed by atoms with Gasteiger partial charge in [0.15, 0.2) is 0 Å². The van der Waals surface area contributed by atoms with Gasteiger partial charge in [0.25, 0.3) is 0 Å². The Morgan fingerprint density at radius 1 is 1.05 bits per heavy atom. The molecule has 0 spiro atoms. The number of hydrogen-bond donors (Lipinski definition) is 1. The molecule has 1 aromatic carbocycles. The third-order valence-corrected chi connectivity index (χ3v) is 4.84. The van der Waals surface area contributed by atoms with Crippen LogP contribution in [0.1, 0.15) is 19.3 Å². The van der Waals surface area contributed by atoms with Crippen LogP contribution in [0, 0.1) is 5.92 Å². The van der Waals surface area contributed by atoms with Gasteiger partial charge in [-0.15, -0.1) is 0 Å². The summed E-state index contributed by atoms with van der Waals surface area (Å²) in [6, 6.07) is 11.5. The summed E-state index contributed by atoms with van der Waals surface area (Å²) in [7, 11) is 2.23. The highest BCUT2D eigenvalue weighted by molar-refractivity contribution is 5.47. The van der Waals surface area contributed by atoms with Gasteiger partial charge in [-0.2, -0.15) is 0 Å². The Morgan fingerprint density at radius 3 is 2.55 bits per heavy atom. The first-order valence-corrected chi connectivity index (χ1v) is 8.03. The molecule has 2 heterocycles. The molecule has 1 aromatic rings. The molecular formula is C17H27N3. The Morgan fingerprint density at radius 2 is 1.80 bits per heavy atom. The molecule has 0 aliphatic carbocycles. The van der Waals surface area contributed by atoms with Gasteiger partial charge in [-0.1, -0.05) is 18.2 Å². The van der Waals surface area contributed by atoms with Crippen LogP contribution in [0.2, 0.25) is 0 Å². The minimum atomic E-state index is 0.676. The van der Waals surface area contributed by atoms with E-state index < -0.39 is 0 Å². The van der Waals surface area contributed by atoms with Crippen molar-refractivity contribution < 1.29 is 0 Å². The molecule has 1 N–H and O–H groups in total. The van der Waals surface area contributed by atoms with Crippen molar-refractivity contribution in [2.45, 2.75) is 25.3 Å². The lowest BCUT2D eigenvalue weighted by molar-refractivity contribution is 0.213. The number of para-hydroxylation sites is 1. The van der Waals surface area contributed by atoms with E-state index in [0.29, 0.717) is 6.04 Å². The molecule has 3 rings (SSSR count). The number of anilines is 1. The van der Waals surface area contributed by atoms with Gasteiger partial charge in [0.1, 0.15) is 0 Å². The molecule has 110 valence electrons. The summed E-state index contributed by atoms with van der Waals surface area (Å²) in [6.07, 6.45) is 4.00. The van der Waals surface area contributed by atoms with Gasteiger partial charge in [-0.3, -0.25) is 0 Å². The molecule has 1 atom stereocenters. The SMILES string of the molecule is CN1CCC(CNC2CCN(c3ccccc3)C2)CC1. The second-order valence-electron chi connectivity index (χ2n) is 6.42. The zero-order valence-corrected chi connectivity index (χ0v) is 12.6. The fourth-order valence-electron chi connectivity index (χ4n) is 3.40. The molecule has 3 heteroatoms.